The second-order valence-electron chi connectivity index (χ2n) is 11.6. The van der Waals surface area contributed by atoms with Gasteiger partial charge in [-0.25, -0.2) is 0 Å². The fourth-order valence-electron chi connectivity index (χ4n) is 7.32. The van der Waals surface area contributed by atoms with E-state index in [0.717, 1.165) is 30.8 Å². The maximum absolute atomic E-state index is 14.3. The molecule has 9 heteroatoms. The average molecular weight is 579 g/mol. The molecular weight excluding hydrogens is 536 g/mol. The number of aliphatic hydroxyl groups is 1. The second-order valence-corrected chi connectivity index (χ2v) is 13.5. The number of rotatable bonds is 11. The van der Waals surface area contributed by atoms with Crippen molar-refractivity contribution in [3.8, 4) is 0 Å². The van der Waals surface area contributed by atoms with Gasteiger partial charge < -0.3 is 25.5 Å². The van der Waals surface area contributed by atoms with E-state index >= 15 is 0 Å². The first kappa shape index (κ1) is 29.5. The van der Waals surface area contributed by atoms with Gasteiger partial charge in [0.05, 0.1) is 29.2 Å². The minimum atomic E-state index is -0.779. The summed E-state index contributed by atoms with van der Waals surface area (Å²) in [6.07, 6.45) is 1.93. The molecule has 3 heterocycles. The molecule has 2 unspecified atom stereocenters. The summed E-state index contributed by atoms with van der Waals surface area (Å²) >= 11 is 1.64. The summed E-state index contributed by atoms with van der Waals surface area (Å²) in [5.41, 5.74) is 2.74. The molecule has 1 spiro atoms. The molecule has 2 aromatic rings. The monoisotopic (exact) mass is 578 g/mol. The highest BCUT2D eigenvalue weighted by Gasteiger charge is 2.77. The first-order valence-corrected chi connectivity index (χ1v) is 15.6. The van der Waals surface area contributed by atoms with Gasteiger partial charge in [-0.2, -0.15) is 0 Å². The van der Waals surface area contributed by atoms with Gasteiger partial charge in [0.25, 0.3) is 0 Å². The quantitative estimate of drug-likeness (QED) is 0.372. The summed E-state index contributed by atoms with van der Waals surface area (Å²) in [6.45, 7) is 10.1. The number of carbonyl (C=O) groups is 3. The molecule has 3 amide bonds. The lowest BCUT2D eigenvalue weighted by Gasteiger charge is -2.36. The Kier molecular flexibility index (Phi) is 8.39. The Labute approximate surface area is 247 Å². The SMILES string of the molecule is CC[C@@H](CO)N1C(=O)[C@@H]2[C@H](C(=O)NCc3ccccc3)[C@]3(C)CCC2(S3)C1C(=O)Nc1ccc(N(CC)CC)cc1. The Balaban J connectivity index is 1.44. The maximum atomic E-state index is 14.3. The largest absolute Gasteiger partial charge is 0.394 e. The van der Waals surface area contributed by atoms with Gasteiger partial charge in [-0.1, -0.05) is 37.3 Å². The molecule has 6 atom stereocenters. The first-order chi connectivity index (χ1) is 19.7. The van der Waals surface area contributed by atoms with Crippen molar-refractivity contribution in [3.63, 3.8) is 0 Å². The van der Waals surface area contributed by atoms with Crippen LogP contribution in [0.15, 0.2) is 54.6 Å². The van der Waals surface area contributed by atoms with Gasteiger partial charge in [0.15, 0.2) is 0 Å². The Bertz CT molecular complexity index is 1270. The standard InChI is InChI=1S/C32H42N4O4S/c1-5-23(20-37)36-27(29(39)34-22-13-15-24(16-14-22)35(6-2)7-3)32-18-17-31(4,41-32)25(26(32)30(36)40)28(38)33-19-21-11-9-8-10-12-21/h8-16,23,25-27,37H,5-7,17-20H2,1-4H3,(H,33,38)(H,34,39)/t23-,25+,26-,27?,31-,32?/m0/s1. The van der Waals surface area contributed by atoms with Crippen LogP contribution in [-0.2, 0) is 20.9 Å². The highest BCUT2D eigenvalue weighted by atomic mass is 32.2. The predicted octanol–water partition coefficient (Wildman–Crippen LogP) is 4.04. The molecule has 2 bridgehead atoms. The zero-order chi connectivity index (χ0) is 29.4. The van der Waals surface area contributed by atoms with Crippen molar-refractivity contribution >= 4 is 40.9 Å². The van der Waals surface area contributed by atoms with E-state index in [4.69, 9.17) is 0 Å². The highest BCUT2D eigenvalue weighted by molar-refractivity contribution is 8.02. The Morgan fingerprint density at radius 2 is 1.73 bits per heavy atom. The number of amides is 3. The van der Waals surface area contributed by atoms with Crippen LogP contribution in [0.1, 0.15) is 52.5 Å². The second kappa shape index (κ2) is 11.7. The van der Waals surface area contributed by atoms with Crippen molar-refractivity contribution in [2.45, 2.75) is 75.1 Å². The number of nitrogens with zero attached hydrogens (tertiary/aromatic N) is 2. The number of fused-ring (bicyclic) bond motifs is 1. The molecule has 0 aliphatic carbocycles. The summed E-state index contributed by atoms with van der Waals surface area (Å²) in [6, 6.07) is 16.2. The number of hydrogen-bond donors (Lipinski definition) is 3. The Morgan fingerprint density at radius 1 is 1.05 bits per heavy atom. The first-order valence-electron chi connectivity index (χ1n) is 14.8. The fourth-order valence-corrected chi connectivity index (χ4v) is 9.66. The Hall–Kier alpha value is -3.04. The lowest BCUT2D eigenvalue weighted by atomic mass is 9.66. The molecule has 3 N–H and O–H groups in total. The van der Waals surface area contributed by atoms with Gasteiger partial charge in [0.1, 0.15) is 6.04 Å². The molecule has 0 saturated carbocycles. The summed E-state index contributed by atoms with van der Waals surface area (Å²) in [4.78, 5) is 46.0. The van der Waals surface area contributed by atoms with Crippen LogP contribution in [0.3, 0.4) is 0 Å². The maximum Gasteiger partial charge on any atom is 0.248 e. The van der Waals surface area contributed by atoms with E-state index in [1.165, 1.54) is 0 Å². The van der Waals surface area contributed by atoms with E-state index in [2.05, 4.69) is 36.3 Å². The minimum absolute atomic E-state index is 0.145. The van der Waals surface area contributed by atoms with E-state index < -0.39 is 33.4 Å². The zero-order valence-electron chi connectivity index (χ0n) is 24.4. The molecule has 5 rings (SSSR count). The van der Waals surface area contributed by atoms with Gasteiger partial charge in [-0.15, -0.1) is 11.8 Å². The summed E-state index contributed by atoms with van der Waals surface area (Å²) in [7, 11) is 0. The molecule has 2 aromatic carbocycles. The molecule has 0 aromatic heterocycles. The van der Waals surface area contributed by atoms with Gasteiger partial charge in [-0.05, 0) is 69.9 Å². The van der Waals surface area contributed by atoms with Crippen LogP contribution < -0.4 is 15.5 Å². The van der Waals surface area contributed by atoms with Crippen LogP contribution in [-0.4, -0.2) is 69.0 Å². The number of benzene rings is 2. The lowest BCUT2D eigenvalue weighted by Crippen LogP contribution is -2.54. The van der Waals surface area contributed by atoms with E-state index in [0.29, 0.717) is 25.1 Å². The van der Waals surface area contributed by atoms with Crippen molar-refractivity contribution in [1.29, 1.82) is 0 Å². The number of aliphatic hydroxyl groups excluding tert-OH is 1. The average Bonchev–Trinajstić information content (AvgIpc) is 3.55. The van der Waals surface area contributed by atoms with Crippen LogP contribution in [0.25, 0.3) is 0 Å². The number of nitrogens with one attached hydrogen (secondary N) is 2. The number of carbonyl (C=O) groups excluding carboxylic acids is 3. The van der Waals surface area contributed by atoms with Crippen molar-refractivity contribution in [3.05, 3.63) is 60.2 Å². The number of hydrogen-bond acceptors (Lipinski definition) is 6. The van der Waals surface area contributed by atoms with Crippen molar-refractivity contribution in [2.75, 3.05) is 29.9 Å². The fraction of sp³-hybridized carbons (Fsp3) is 0.531. The third kappa shape index (κ3) is 5.01. The van der Waals surface area contributed by atoms with Crippen LogP contribution in [0.2, 0.25) is 0 Å². The molecule has 3 aliphatic heterocycles. The van der Waals surface area contributed by atoms with Gasteiger partial charge in [-0.3, -0.25) is 14.4 Å². The van der Waals surface area contributed by atoms with Gasteiger partial charge >= 0.3 is 0 Å². The van der Waals surface area contributed by atoms with Crippen molar-refractivity contribution in [1.82, 2.24) is 10.2 Å². The molecule has 8 nitrogen and oxygen atoms in total. The van der Waals surface area contributed by atoms with Crippen molar-refractivity contribution < 1.29 is 19.5 Å². The normalized spacial score (nSPS) is 28.9. The minimum Gasteiger partial charge on any atom is -0.394 e. The Morgan fingerprint density at radius 3 is 2.34 bits per heavy atom. The summed E-state index contributed by atoms with van der Waals surface area (Å²) in [5.74, 6) is -1.77. The van der Waals surface area contributed by atoms with E-state index in [-0.39, 0.29) is 24.3 Å². The van der Waals surface area contributed by atoms with E-state index in [1.54, 1.807) is 16.7 Å². The van der Waals surface area contributed by atoms with Crippen LogP contribution in [0.4, 0.5) is 11.4 Å². The topological polar surface area (TPSA) is 102 Å². The van der Waals surface area contributed by atoms with E-state index in [1.807, 2.05) is 61.5 Å². The van der Waals surface area contributed by atoms with Gasteiger partial charge in [0.2, 0.25) is 17.7 Å². The zero-order valence-corrected chi connectivity index (χ0v) is 25.2. The lowest BCUT2D eigenvalue weighted by molar-refractivity contribution is -0.142. The summed E-state index contributed by atoms with van der Waals surface area (Å²) < 4.78 is -1.17. The van der Waals surface area contributed by atoms with Crippen LogP contribution in [0.5, 0.6) is 0 Å². The third-order valence-corrected chi connectivity index (χ3v) is 11.4. The molecule has 220 valence electrons. The number of thioether (sulfide) groups is 1. The predicted molar refractivity (Wildman–Crippen MR) is 164 cm³/mol. The third-order valence-electron chi connectivity index (χ3n) is 9.39. The van der Waals surface area contributed by atoms with Crippen LogP contribution >= 0.6 is 11.8 Å². The van der Waals surface area contributed by atoms with E-state index in [9.17, 15) is 19.5 Å². The smallest absolute Gasteiger partial charge is 0.248 e. The van der Waals surface area contributed by atoms with Crippen LogP contribution in [0, 0.1) is 11.8 Å². The molecule has 3 fully saturated rings. The number of likely N-dealkylation sites (tertiary alicyclic amines) is 1. The summed E-state index contributed by atoms with van der Waals surface area (Å²) in [5, 5.41) is 16.4. The van der Waals surface area contributed by atoms with Gasteiger partial charge in [0, 0.05) is 35.8 Å². The molecule has 3 saturated heterocycles. The van der Waals surface area contributed by atoms with Crippen molar-refractivity contribution in [2.24, 2.45) is 11.8 Å². The number of anilines is 2. The highest BCUT2D eigenvalue weighted by Crippen LogP contribution is 2.71. The molecule has 0 radical (unpaired) electrons. The molecule has 3 aliphatic rings. The molecular formula is C32H42N4O4S. The molecule has 41 heavy (non-hydrogen) atoms.